The Morgan fingerprint density at radius 2 is 2.14 bits per heavy atom. The maximum atomic E-state index is 5.51. The molecule has 0 fully saturated rings. The zero-order chi connectivity index (χ0) is 10.6. The average molecular weight is 193 g/mol. The van der Waals surface area contributed by atoms with Crippen LogP contribution in [0.4, 0.5) is 11.5 Å². The number of hydrogen-bond acceptors (Lipinski definition) is 3. The molecular formula is C11H19N3. The fourth-order valence-corrected chi connectivity index (χ4v) is 1.44. The summed E-state index contributed by atoms with van der Waals surface area (Å²) in [4.78, 5) is 4.04. The summed E-state index contributed by atoms with van der Waals surface area (Å²) in [5.74, 6) is 1.19. The molecule has 78 valence electrons. The quantitative estimate of drug-likeness (QED) is 0.772. The second kappa shape index (κ2) is 4.84. The highest BCUT2D eigenvalue weighted by Crippen LogP contribution is 2.14. The van der Waals surface area contributed by atoms with Crippen LogP contribution < -0.4 is 11.1 Å². The van der Waals surface area contributed by atoms with Gasteiger partial charge in [0, 0.05) is 6.04 Å². The molecule has 3 nitrogen and oxygen atoms in total. The zero-order valence-electron chi connectivity index (χ0n) is 9.12. The summed E-state index contributed by atoms with van der Waals surface area (Å²) < 4.78 is 0. The van der Waals surface area contributed by atoms with Gasteiger partial charge in [-0.3, -0.25) is 0 Å². The lowest BCUT2D eigenvalue weighted by molar-refractivity contribution is 0.511. The highest BCUT2D eigenvalue weighted by atomic mass is 14.9. The fourth-order valence-electron chi connectivity index (χ4n) is 1.44. The number of anilines is 2. The molecule has 3 N–H and O–H groups in total. The molecule has 1 unspecified atom stereocenters. The maximum Gasteiger partial charge on any atom is 0.123 e. The Labute approximate surface area is 85.7 Å². The summed E-state index contributed by atoms with van der Waals surface area (Å²) in [6.07, 6.45) is 2.89. The van der Waals surface area contributed by atoms with Gasteiger partial charge in [0.25, 0.3) is 0 Å². The summed E-state index contributed by atoms with van der Waals surface area (Å²) in [5, 5.41) is 3.44. The Morgan fingerprint density at radius 3 is 2.57 bits per heavy atom. The summed E-state index contributed by atoms with van der Waals surface area (Å²) in [6.45, 7) is 6.61. The van der Waals surface area contributed by atoms with Crippen LogP contribution in [0.15, 0.2) is 18.3 Å². The van der Waals surface area contributed by atoms with E-state index < -0.39 is 0 Å². The highest BCUT2D eigenvalue weighted by molar-refractivity contribution is 5.45. The van der Waals surface area contributed by atoms with Crippen molar-refractivity contribution in [1.29, 1.82) is 0 Å². The SMILES string of the molecule is CCC(Nc1ccc(N)nc1)C(C)C. The molecule has 0 amide bonds. The topological polar surface area (TPSA) is 50.9 Å². The number of nitrogen functional groups attached to an aromatic ring is 1. The number of aromatic nitrogens is 1. The zero-order valence-corrected chi connectivity index (χ0v) is 9.12. The van der Waals surface area contributed by atoms with E-state index in [0.29, 0.717) is 17.8 Å². The van der Waals surface area contributed by atoms with Crippen LogP contribution in [0.25, 0.3) is 0 Å². The van der Waals surface area contributed by atoms with E-state index in [2.05, 4.69) is 31.1 Å². The van der Waals surface area contributed by atoms with Gasteiger partial charge in [-0.15, -0.1) is 0 Å². The van der Waals surface area contributed by atoms with Crippen LogP contribution in [0.1, 0.15) is 27.2 Å². The van der Waals surface area contributed by atoms with Crippen molar-refractivity contribution in [2.75, 3.05) is 11.1 Å². The van der Waals surface area contributed by atoms with Gasteiger partial charge in [-0.25, -0.2) is 4.98 Å². The van der Waals surface area contributed by atoms with E-state index >= 15 is 0 Å². The van der Waals surface area contributed by atoms with Crippen molar-refractivity contribution in [3.8, 4) is 0 Å². The molecule has 0 aliphatic carbocycles. The molecule has 0 radical (unpaired) electrons. The van der Waals surface area contributed by atoms with E-state index in [0.717, 1.165) is 12.1 Å². The van der Waals surface area contributed by atoms with E-state index in [1.54, 1.807) is 6.20 Å². The molecule has 1 rings (SSSR count). The smallest absolute Gasteiger partial charge is 0.123 e. The molecule has 0 bridgehead atoms. The van der Waals surface area contributed by atoms with Gasteiger partial charge in [0.05, 0.1) is 11.9 Å². The molecule has 0 aliphatic rings. The third kappa shape index (κ3) is 2.91. The highest BCUT2D eigenvalue weighted by Gasteiger charge is 2.09. The maximum absolute atomic E-state index is 5.51. The van der Waals surface area contributed by atoms with Gasteiger partial charge < -0.3 is 11.1 Å². The number of pyridine rings is 1. The molecule has 0 spiro atoms. The van der Waals surface area contributed by atoms with E-state index in [1.807, 2.05) is 12.1 Å². The molecule has 1 atom stereocenters. The number of nitrogens with one attached hydrogen (secondary N) is 1. The van der Waals surface area contributed by atoms with Crippen molar-refractivity contribution in [2.24, 2.45) is 5.92 Å². The second-order valence-electron chi connectivity index (χ2n) is 3.87. The molecule has 0 aliphatic heterocycles. The Bertz CT molecular complexity index is 266. The van der Waals surface area contributed by atoms with E-state index in [9.17, 15) is 0 Å². The van der Waals surface area contributed by atoms with E-state index in [4.69, 9.17) is 5.73 Å². The van der Waals surface area contributed by atoms with Gasteiger partial charge in [-0.1, -0.05) is 20.8 Å². The lowest BCUT2D eigenvalue weighted by Crippen LogP contribution is -2.24. The molecule has 0 saturated heterocycles. The molecule has 14 heavy (non-hydrogen) atoms. The van der Waals surface area contributed by atoms with Crippen molar-refractivity contribution in [3.63, 3.8) is 0 Å². The Kier molecular flexibility index (Phi) is 3.74. The Balaban J connectivity index is 2.63. The molecule has 1 aromatic rings. The Hall–Kier alpha value is -1.25. The van der Waals surface area contributed by atoms with Gasteiger partial charge in [0.15, 0.2) is 0 Å². The Morgan fingerprint density at radius 1 is 1.43 bits per heavy atom. The van der Waals surface area contributed by atoms with Crippen LogP contribution in [-0.2, 0) is 0 Å². The van der Waals surface area contributed by atoms with Gasteiger partial charge in [-0.2, -0.15) is 0 Å². The first-order valence-corrected chi connectivity index (χ1v) is 5.11. The largest absolute Gasteiger partial charge is 0.384 e. The lowest BCUT2D eigenvalue weighted by atomic mass is 10.0. The van der Waals surface area contributed by atoms with Gasteiger partial charge in [-0.05, 0) is 24.5 Å². The molecule has 3 heteroatoms. The average Bonchev–Trinajstić information content (AvgIpc) is 2.16. The van der Waals surface area contributed by atoms with Crippen molar-refractivity contribution < 1.29 is 0 Å². The molecular weight excluding hydrogens is 174 g/mol. The number of rotatable bonds is 4. The minimum Gasteiger partial charge on any atom is -0.384 e. The standard InChI is InChI=1S/C11H19N3/c1-4-10(8(2)3)14-9-5-6-11(12)13-7-9/h5-8,10,14H,4H2,1-3H3,(H2,12,13). The van der Waals surface area contributed by atoms with Gasteiger partial charge in [0.2, 0.25) is 0 Å². The molecule has 0 aromatic carbocycles. The third-order valence-electron chi connectivity index (χ3n) is 2.38. The molecule has 0 saturated carbocycles. The van der Waals surface area contributed by atoms with Crippen LogP contribution in [0.3, 0.4) is 0 Å². The van der Waals surface area contributed by atoms with Crippen LogP contribution in [0.5, 0.6) is 0 Å². The van der Waals surface area contributed by atoms with Gasteiger partial charge >= 0.3 is 0 Å². The first-order valence-electron chi connectivity index (χ1n) is 5.11. The van der Waals surface area contributed by atoms with Crippen LogP contribution in [0.2, 0.25) is 0 Å². The van der Waals surface area contributed by atoms with Crippen molar-refractivity contribution in [2.45, 2.75) is 33.2 Å². The first kappa shape index (κ1) is 10.8. The van der Waals surface area contributed by atoms with Gasteiger partial charge in [0.1, 0.15) is 5.82 Å². The number of nitrogens with zero attached hydrogens (tertiary/aromatic N) is 1. The minimum absolute atomic E-state index is 0.500. The monoisotopic (exact) mass is 193 g/mol. The van der Waals surface area contributed by atoms with Crippen LogP contribution in [-0.4, -0.2) is 11.0 Å². The predicted molar refractivity (Wildman–Crippen MR) is 61.2 cm³/mol. The van der Waals surface area contributed by atoms with Crippen molar-refractivity contribution in [3.05, 3.63) is 18.3 Å². The third-order valence-corrected chi connectivity index (χ3v) is 2.38. The summed E-state index contributed by atoms with van der Waals surface area (Å²) in [5.41, 5.74) is 6.55. The van der Waals surface area contributed by atoms with E-state index in [-0.39, 0.29) is 0 Å². The summed E-state index contributed by atoms with van der Waals surface area (Å²) >= 11 is 0. The predicted octanol–water partition coefficient (Wildman–Crippen LogP) is 2.51. The lowest BCUT2D eigenvalue weighted by Gasteiger charge is -2.21. The molecule has 1 aromatic heterocycles. The van der Waals surface area contributed by atoms with Crippen molar-refractivity contribution >= 4 is 11.5 Å². The van der Waals surface area contributed by atoms with Crippen LogP contribution in [0, 0.1) is 5.92 Å². The minimum atomic E-state index is 0.500. The van der Waals surface area contributed by atoms with Crippen molar-refractivity contribution in [1.82, 2.24) is 4.98 Å². The second-order valence-corrected chi connectivity index (χ2v) is 3.87. The number of nitrogens with two attached hydrogens (primary N) is 1. The summed E-state index contributed by atoms with van der Waals surface area (Å²) in [6, 6.07) is 4.28. The van der Waals surface area contributed by atoms with Crippen LogP contribution >= 0.6 is 0 Å². The normalized spacial score (nSPS) is 12.9. The number of hydrogen-bond donors (Lipinski definition) is 2. The molecule has 1 heterocycles. The first-order chi connectivity index (χ1) is 6.63. The van der Waals surface area contributed by atoms with E-state index in [1.165, 1.54) is 0 Å². The fraction of sp³-hybridized carbons (Fsp3) is 0.545. The summed E-state index contributed by atoms with van der Waals surface area (Å²) in [7, 11) is 0.